The van der Waals surface area contributed by atoms with Crippen LogP contribution in [0.2, 0.25) is 0 Å². The number of hydrogen-bond donors (Lipinski definition) is 1. The van der Waals surface area contributed by atoms with Gasteiger partial charge in [0.1, 0.15) is 16.5 Å². The predicted octanol–water partition coefficient (Wildman–Crippen LogP) is 2.26. The smallest absolute Gasteiger partial charge is 0.146 e. The first-order valence-electron chi connectivity index (χ1n) is 5.94. The maximum absolute atomic E-state index is 5.94. The third-order valence-corrected chi connectivity index (χ3v) is 4.30. The molecule has 0 aromatic carbocycles. The molecule has 4 nitrogen and oxygen atoms in total. The van der Waals surface area contributed by atoms with Gasteiger partial charge in [0.05, 0.1) is 11.9 Å². The lowest BCUT2D eigenvalue weighted by Gasteiger charge is -2.34. The molecule has 2 heterocycles. The number of nitrogens with two attached hydrogens (primary N) is 1. The van der Waals surface area contributed by atoms with Crippen molar-refractivity contribution in [3.05, 3.63) is 17.3 Å². The summed E-state index contributed by atoms with van der Waals surface area (Å²) in [5.41, 5.74) is 5.94. The fourth-order valence-electron chi connectivity index (χ4n) is 2.17. The van der Waals surface area contributed by atoms with E-state index < -0.39 is 0 Å². The van der Waals surface area contributed by atoms with E-state index >= 15 is 0 Å². The number of fused-ring (bicyclic) bond motifs is 1. The van der Waals surface area contributed by atoms with Gasteiger partial charge in [-0.05, 0) is 31.3 Å². The van der Waals surface area contributed by atoms with E-state index in [9.17, 15) is 0 Å². The van der Waals surface area contributed by atoms with Gasteiger partial charge in [-0.2, -0.15) is 0 Å². The number of hydrogen-bond acceptors (Lipinski definition) is 5. The summed E-state index contributed by atoms with van der Waals surface area (Å²) < 4.78 is 0. The summed E-state index contributed by atoms with van der Waals surface area (Å²) in [5, 5.41) is 2.99. The highest BCUT2D eigenvalue weighted by molar-refractivity contribution is 7.16. The molecule has 0 spiro atoms. The van der Waals surface area contributed by atoms with E-state index in [0.29, 0.717) is 11.9 Å². The highest BCUT2D eigenvalue weighted by Gasteiger charge is 2.22. The highest BCUT2D eigenvalue weighted by Crippen LogP contribution is 2.26. The largest absolute Gasteiger partial charge is 0.383 e. The maximum Gasteiger partial charge on any atom is 0.146 e. The van der Waals surface area contributed by atoms with Crippen molar-refractivity contribution < 1.29 is 0 Å². The predicted molar refractivity (Wildman–Crippen MR) is 70.9 cm³/mol. The van der Waals surface area contributed by atoms with Crippen molar-refractivity contribution in [2.75, 3.05) is 12.8 Å². The molecule has 17 heavy (non-hydrogen) atoms. The zero-order chi connectivity index (χ0) is 11.8. The van der Waals surface area contributed by atoms with Gasteiger partial charge in [0.2, 0.25) is 0 Å². The molecule has 1 fully saturated rings. The van der Waals surface area contributed by atoms with Crippen molar-refractivity contribution in [3.63, 3.8) is 0 Å². The van der Waals surface area contributed by atoms with Crippen LogP contribution in [0.15, 0.2) is 11.4 Å². The van der Waals surface area contributed by atoms with Gasteiger partial charge >= 0.3 is 0 Å². The van der Waals surface area contributed by atoms with Gasteiger partial charge in [-0.25, -0.2) is 9.97 Å². The molecule has 1 saturated carbocycles. The van der Waals surface area contributed by atoms with Crippen LogP contribution in [0.3, 0.4) is 0 Å². The third kappa shape index (κ3) is 2.00. The molecule has 2 aromatic rings. The molecule has 2 aromatic heterocycles. The Morgan fingerprint density at radius 1 is 1.47 bits per heavy atom. The minimum Gasteiger partial charge on any atom is -0.383 e. The highest BCUT2D eigenvalue weighted by atomic mass is 32.1. The molecule has 1 aliphatic carbocycles. The summed E-state index contributed by atoms with van der Waals surface area (Å²) in [5.74, 6) is 1.44. The molecular formula is C12H16N4S. The van der Waals surface area contributed by atoms with E-state index in [1.807, 2.05) is 11.4 Å². The molecule has 1 aliphatic rings. The number of anilines is 1. The SMILES string of the molecule is CN(Cc1nc(N)c2ccsc2n1)C1CCC1. The van der Waals surface area contributed by atoms with Gasteiger partial charge in [-0.3, -0.25) is 4.90 Å². The average Bonchev–Trinajstić information content (AvgIpc) is 2.62. The number of thiophene rings is 1. The van der Waals surface area contributed by atoms with E-state index in [4.69, 9.17) is 5.73 Å². The van der Waals surface area contributed by atoms with Crippen LogP contribution in [-0.2, 0) is 6.54 Å². The lowest BCUT2D eigenvalue weighted by Crippen LogP contribution is -2.37. The molecule has 3 rings (SSSR count). The van der Waals surface area contributed by atoms with Crippen LogP contribution in [-0.4, -0.2) is 28.0 Å². The van der Waals surface area contributed by atoms with Gasteiger partial charge in [-0.15, -0.1) is 11.3 Å². The fraction of sp³-hybridized carbons (Fsp3) is 0.500. The molecule has 0 unspecified atom stereocenters. The molecule has 0 amide bonds. The number of nitrogens with zero attached hydrogens (tertiary/aromatic N) is 3. The molecule has 2 N–H and O–H groups in total. The van der Waals surface area contributed by atoms with Crippen molar-refractivity contribution in [1.29, 1.82) is 0 Å². The summed E-state index contributed by atoms with van der Waals surface area (Å²) in [6.07, 6.45) is 3.95. The van der Waals surface area contributed by atoms with Crippen molar-refractivity contribution >= 4 is 27.4 Å². The van der Waals surface area contributed by atoms with E-state index in [-0.39, 0.29) is 0 Å². The Hall–Kier alpha value is -1.20. The Morgan fingerprint density at radius 2 is 2.29 bits per heavy atom. The zero-order valence-corrected chi connectivity index (χ0v) is 10.7. The molecular weight excluding hydrogens is 232 g/mol. The summed E-state index contributed by atoms with van der Waals surface area (Å²) in [4.78, 5) is 12.3. The van der Waals surface area contributed by atoms with Crippen LogP contribution < -0.4 is 5.73 Å². The van der Waals surface area contributed by atoms with E-state index in [1.54, 1.807) is 11.3 Å². The Kier molecular flexibility index (Phi) is 2.72. The van der Waals surface area contributed by atoms with Crippen LogP contribution in [0, 0.1) is 0 Å². The number of nitrogen functional groups attached to an aromatic ring is 1. The molecule has 0 atom stereocenters. The molecule has 0 aliphatic heterocycles. The minimum atomic E-state index is 0.605. The monoisotopic (exact) mass is 248 g/mol. The van der Waals surface area contributed by atoms with Crippen LogP contribution in [0.1, 0.15) is 25.1 Å². The lowest BCUT2D eigenvalue weighted by molar-refractivity contribution is 0.149. The second kappa shape index (κ2) is 4.23. The van der Waals surface area contributed by atoms with Crippen LogP contribution in [0.4, 0.5) is 5.82 Å². The minimum absolute atomic E-state index is 0.605. The summed E-state index contributed by atoms with van der Waals surface area (Å²) in [6.45, 7) is 0.794. The van der Waals surface area contributed by atoms with Crippen LogP contribution in [0.25, 0.3) is 10.2 Å². The van der Waals surface area contributed by atoms with Gasteiger partial charge in [0, 0.05) is 6.04 Å². The second-order valence-corrected chi connectivity index (χ2v) is 5.56. The average molecular weight is 248 g/mol. The van der Waals surface area contributed by atoms with Crippen LogP contribution >= 0.6 is 11.3 Å². The summed E-state index contributed by atoms with van der Waals surface area (Å²) in [6, 6.07) is 2.69. The fourth-order valence-corrected chi connectivity index (χ4v) is 2.97. The van der Waals surface area contributed by atoms with Crippen molar-refractivity contribution in [2.45, 2.75) is 31.8 Å². The topological polar surface area (TPSA) is 55.0 Å². The maximum atomic E-state index is 5.94. The summed E-state index contributed by atoms with van der Waals surface area (Å²) in [7, 11) is 2.14. The number of aromatic nitrogens is 2. The zero-order valence-electron chi connectivity index (χ0n) is 9.89. The van der Waals surface area contributed by atoms with E-state index in [1.165, 1.54) is 19.3 Å². The van der Waals surface area contributed by atoms with Crippen molar-refractivity contribution in [1.82, 2.24) is 14.9 Å². The van der Waals surface area contributed by atoms with E-state index in [2.05, 4.69) is 21.9 Å². The Labute approximate surface area is 104 Å². The van der Waals surface area contributed by atoms with Gasteiger partial charge in [0.25, 0.3) is 0 Å². The Morgan fingerprint density at radius 3 is 3.00 bits per heavy atom. The first-order valence-corrected chi connectivity index (χ1v) is 6.82. The molecule has 0 bridgehead atoms. The normalized spacial score (nSPS) is 16.6. The molecule has 0 radical (unpaired) electrons. The standard InChI is InChI=1S/C12H16N4S/c1-16(8-3-2-4-8)7-10-14-11(13)9-5-6-17-12(9)15-10/h5-6,8H,2-4,7H2,1H3,(H2,13,14,15). The van der Waals surface area contributed by atoms with Crippen LogP contribution in [0.5, 0.6) is 0 Å². The molecule has 90 valence electrons. The molecule has 5 heteroatoms. The lowest BCUT2D eigenvalue weighted by atomic mass is 9.92. The van der Waals surface area contributed by atoms with Gasteiger partial charge < -0.3 is 5.73 Å². The van der Waals surface area contributed by atoms with Crippen molar-refractivity contribution in [2.24, 2.45) is 0 Å². The first-order chi connectivity index (χ1) is 8.24. The first kappa shape index (κ1) is 10.9. The number of rotatable bonds is 3. The van der Waals surface area contributed by atoms with E-state index in [0.717, 1.165) is 22.6 Å². The van der Waals surface area contributed by atoms with Gasteiger partial charge in [0.15, 0.2) is 0 Å². The second-order valence-electron chi connectivity index (χ2n) is 4.66. The third-order valence-electron chi connectivity index (χ3n) is 3.49. The Bertz CT molecular complexity index is 532. The molecule has 0 saturated heterocycles. The van der Waals surface area contributed by atoms with Crippen molar-refractivity contribution in [3.8, 4) is 0 Å². The summed E-state index contributed by atoms with van der Waals surface area (Å²) >= 11 is 1.62. The van der Waals surface area contributed by atoms with Gasteiger partial charge in [-0.1, -0.05) is 6.42 Å². The quantitative estimate of drug-likeness (QED) is 0.905. The Balaban J connectivity index is 1.84.